The zero-order chi connectivity index (χ0) is 11.8. The van der Waals surface area contributed by atoms with Gasteiger partial charge in [0, 0.05) is 12.5 Å². The Morgan fingerprint density at radius 3 is 2.76 bits per heavy atom. The average Bonchev–Trinajstić information content (AvgIpc) is 2.93. The van der Waals surface area contributed by atoms with Gasteiger partial charge in [0.15, 0.2) is 0 Å². The molecule has 3 heteroatoms. The van der Waals surface area contributed by atoms with Gasteiger partial charge in [-0.15, -0.1) is 0 Å². The number of hydrogen-bond donors (Lipinski definition) is 1. The molecule has 2 aliphatic rings. The van der Waals surface area contributed by atoms with E-state index in [0.29, 0.717) is 6.54 Å². The molecule has 1 aromatic carbocycles. The number of hydrogen-bond acceptors (Lipinski definition) is 1. The summed E-state index contributed by atoms with van der Waals surface area (Å²) in [6, 6.07) is 6.37. The molecule has 90 valence electrons. The quantitative estimate of drug-likeness (QED) is 0.853. The molecule has 0 bridgehead atoms. The van der Waals surface area contributed by atoms with Crippen molar-refractivity contribution in [2.24, 2.45) is 17.8 Å². The van der Waals surface area contributed by atoms with Crippen LogP contribution < -0.4 is 5.32 Å². The summed E-state index contributed by atoms with van der Waals surface area (Å²) >= 11 is 0. The number of fused-ring (bicyclic) bond motifs is 1. The molecule has 0 radical (unpaired) electrons. The first-order valence-corrected chi connectivity index (χ1v) is 6.24. The van der Waals surface area contributed by atoms with Crippen LogP contribution >= 0.6 is 0 Å². The second-order valence-corrected chi connectivity index (χ2v) is 5.27. The van der Waals surface area contributed by atoms with Crippen LogP contribution in [0, 0.1) is 23.6 Å². The number of carbonyl (C=O) groups excluding carboxylic acids is 1. The Morgan fingerprint density at radius 1 is 1.29 bits per heavy atom. The summed E-state index contributed by atoms with van der Waals surface area (Å²) < 4.78 is 12.9. The molecule has 0 aromatic heterocycles. The molecule has 3 rings (SSSR count). The summed E-state index contributed by atoms with van der Waals surface area (Å²) in [5.74, 6) is 1.73. The Hall–Kier alpha value is -1.38. The van der Waals surface area contributed by atoms with Crippen molar-refractivity contribution in [1.29, 1.82) is 0 Å². The van der Waals surface area contributed by atoms with Crippen molar-refractivity contribution in [3.8, 4) is 0 Å². The fraction of sp³-hybridized carbons (Fsp3) is 0.500. The minimum Gasteiger partial charge on any atom is -0.352 e. The molecule has 0 saturated heterocycles. The highest BCUT2D eigenvalue weighted by molar-refractivity contribution is 5.79. The molecule has 2 saturated carbocycles. The highest BCUT2D eigenvalue weighted by Gasteiger charge is 2.47. The molecule has 0 heterocycles. The predicted molar refractivity (Wildman–Crippen MR) is 62.6 cm³/mol. The first kappa shape index (κ1) is 10.8. The van der Waals surface area contributed by atoms with Gasteiger partial charge in [-0.1, -0.05) is 12.1 Å². The van der Waals surface area contributed by atoms with Crippen molar-refractivity contribution in [1.82, 2.24) is 5.32 Å². The third-order valence-corrected chi connectivity index (χ3v) is 3.97. The fourth-order valence-electron chi connectivity index (χ4n) is 2.91. The van der Waals surface area contributed by atoms with Crippen LogP contribution in [-0.4, -0.2) is 5.91 Å². The van der Waals surface area contributed by atoms with Crippen LogP contribution in [0.2, 0.25) is 0 Å². The molecule has 2 atom stereocenters. The molecule has 0 aliphatic heterocycles. The van der Waals surface area contributed by atoms with E-state index in [1.807, 2.05) is 6.07 Å². The van der Waals surface area contributed by atoms with Crippen molar-refractivity contribution in [2.75, 3.05) is 0 Å². The van der Waals surface area contributed by atoms with Crippen LogP contribution in [0.3, 0.4) is 0 Å². The second kappa shape index (κ2) is 4.13. The minimum absolute atomic E-state index is 0.140. The Kier molecular flexibility index (Phi) is 2.61. The topological polar surface area (TPSA) is 29.1 Å². The molecule has 2 nitrogen and oxygen atoms in total. The molecule has 17 heavy (non-hydrogen) atoms. The lowest BCUT2D eigenvalue weighted by Gasteiger charge is -2.12. The normalized spacial score (nSPS) is 29.8. The highest BCUT2D eigenvalue weighted by Crippen LogP contribution is 2.54. The Labute approximate surface area is 100 Å². The van der Waals surface area contributed by atoms with Crippen molar-refractivity contribution in [3.05, 3.63) is 35.6 Å². The molecule has 1 amide bonds. The van der Waals surface area contributed by atoms with Gasteiger partial charge in [-0.25, -0.2) is 4.39 Å². The third kappa shape index (κ3) is 2.33. The number of halogens is 1. The van der Waals surface area contributed by atoms with Gasteiger partial charge in [-0.2, -0.15) is 0 Å². The van der Waals surface area contributed by atoms with Gasteiger partial charge in [0.25, 0.3) is 0 Å². The van der Waals surface area contributed by atoms with E-state index in [2.05, 4.69) is 5.32 Å². The van der Waals surface area contributed by atoms with Gasteiger partial charge < -0.3 is 5.32 Å². The number of rotatable bonds is 3. The van der Waals surface area contributed by atoms with Gasteiger partial charge in [-0.3, -0.25) is 4.79 Å². The van der Waals surface area contributed by atoms with Crippen molar-refractivity contribution in [2.45, 2.75) is 25.8 Å². The van der Waals surface area contributed by atoms with E-state index in [9.17, 15) is 9.18 Å². The SMILES string of the molecule is O=C(NCc1cccc(F)c1)C1CC2CC2C1. The largest absolute Gasteiger partial charge is 0.352 e. The van der Waals surface area contributed by atoms with E-state index in [1.54, 1.807) is 6.07 Å². The number of benzene rings is 1. The highest BCUT2D eigenvalue weighted by atomic mass is 19.1. The second-order valence-electron chi connectivity index (χ2n) is 5.27. The fourth-order valence-corrected chi connectivity index (χ4v) is 2.91. The zero-order valence-corrected chi connectivity index (χ0v) is 9.66. The number of nitrogens with one attached hydrogen (secondary N) is 1. The summed E-state index contributed by atoms with van der Waals surface area (Å²) in [5, 5.41) is 2.90. The van der Waals surface area contributed by atoms with Crippen LogP contribution in [0.4, 0.5) is 4.39 Å². The van der Waals surface area contributed by atoms with Crippen LogP contribution in [-0.2, 0) is 11.3 Å². The van der Waals surface area contributed by atoms with E-state index < -0.39 is 0 Å². The summed E-state index contributed by atoms with van der Waals surface area (Å²) in [6.07, 6.45) is 3.44. The lowest BCUT2D eigenvalue weighted by Crippen LogP contribution is -2.29. The summed E-state index contributed by atoms with van der Waals surface area (Å²) in [6.45, 7) is 0.433. The Morgan fingerprint density at radius 2 is 2.06 bits per heavy atom. The number of carbonyl (C=O) groups is 1. The van der Waals surface area contributed by atoms with Crippen molar-refractivity contribution in [3.63, 3.8) is 0 Å². The molecular weight excluding hydrogens is 217 g/mol. The maximum absolute atomic E-state index is 12.9. The van der Waals surface area contributed by atoms with E-state index >= 15 is 0 Å². The standard InChI is InChI=1S/C14H16FNO/c15-13-3-1-2-9(4-13)8-16-14(17)12-6-10-5-11(10)7-12/h1-4,10-12H,5-8H2,(H,16,17). The monoisotopic (exact) mass is 233 g/mol. The van der Waals surface area contributed by atoms with E-state index in [0.717, 1.165) is 30.2 Å². The van der Waals surface area contributed by atoms with Gasteiger partial charge in [0.05, 0.1) is 0 Å². The van der Waals surface area contributed by atoms with Gasteiger partial charge in [0.1, 0.15) is 5.82 Å². The first-order chi connectivity index (χ1) is 8.22. The summed E-state index contributed by atoms with van der Waals surface area (Å²) in [7, 11) is 0. The molecule has 1 aromatic rings. The van der Waals surface area contributed by atoms with Gasteiger partial charge >= 0.3 is 0 Å². The Balaban J connectivity index is 1.52. The summed E-state index contributed by atoms with van der Waals surface area (Å²) in [5.41, 5.74) is 0.821. The molecular formula is C14H16FNO. The molecule has 0 spiro atoms. The minimum atomic E-state index is -0.251. The van der Waals surface area contributed by atoms with Gasteiger partial charge in [-0.05, 0) is 48.8 Å². The maximum atomic E-state index is 12.9. The molecule has 2 unspecified atom stereocenters. The van der Waals surface area contributed by atoms with Crippen LogP contribution in [0.25, 0.3) is 0 Å². The third-order valence-electron chi connectivity index (χ3n) is 3.97. The first-order valence-electron chi connectivity index (χ1n) is 6.24. The van der Waals surface area contributed by atoms with Crippen molar-refractivity contribution < 1.29 is 9.18 Å². The Bertz CT molecular complexity index is 436. The smallest absolute Gasteiger partial charge is 0.223 e. The molecule has 2 aliphatic carbocycles. The van der Waals surface area contributed by atoms with Crippen LogP contribution in [0.5, 0.6) is 0 Å². The lowest BCUT2D eigenvalue weighted by molar-refractivity contribution is -0.125. The number of amides is 1. The molecule has 1 N–H and O–H groups in total. The summed E-state index contributed by atoms with van der Waals surface area (Å²) in [4.78, 5) is 11.9. The zero-order valence-electron chi connectivity index (χ0n) is 9.66. The maximum Gasteiger partial charge on any atom is 0.223 e. The molecule has 2 fully saturated rings. The van der Waals surface area contributed by atoms with Crippen LogP contribution in [0.15, 0.2) is 24.3 Å². The lowest BCUT2D eigenvalue weighted by atomic mass is 10.0. The van der Waals surface area contributed by atoms with E-state index in [4.69, 9.17) is 0 Å². The van der Waals surface area contributed by atoms with Gasteiger partial charge in [0.2, 0.25) is 5.91 Å². The predicted octanol–water partition coefficient (Wildman–Crippen LogP) is 2.49. The average molecular weight is 233 g/mol. The van der Waals surface area contributed by atoms with E-state index in [-0.39, 0.29) is 17.6 Å². The van der Waals surface area contributed by atoms with Crippen LogP contribution in [0.1, 0.15) is 24.8 Å². The van der Waals surface area contributed by atoms with E-state index in [1.165, 1.54) is 18.6 Å². The van der Waals surface area contributed by atoms with Crippen molar-refractivity contribution >= 4 is 5.91 Å².